The highest BCUT2D eigenvalue weighted by Gasteiger charge is 2.34. The molecule has 1 saturated heterocycles. The molecule has 4 aromatic rings. The summed E-state index contributed by atoms with van der Waals surface area (Å²) in [6, 6.07) is 14.3. The van der Waals surface area contributed by atoms with E-state index < -0.39 is 11.7 Å². The van der Waals surface area contributed by atoms with Gasteiger partial charge in [0.15, 0.2) is 5.82 Å². The number of hydrogen-bond acceptors (Lipinski definition) is 6. The summed E-state index contributed by atoms with van der Waals surface area (Å²) in [6.45, 7) is 7.44. The Morgan fingerprint density at radius 3 is 2.57 bits per heavy atom. The fourth-order valence-electron chi connectivity index (χ4n) is 5.87. The van der Waals surface area contributed by atoms with Crippen molar-refractivity contribution in [1.29, 1.82) is 0 Å². The van der Waals surface area contributed by atoms with Crippen LogP contribution in [-0.4, -0.2) is 74.5 Å². The number of rotatable bonds is 7. The molecule has 0 spiro atoms. The number of carbonyl (C=O) groups excluding carboxylic acids is 1. The number of alkyl halides is 3. The van der Waals surface area contributed by atoms with E-state index in [0.717, 1.165) is 55.1 Å². The standard InChI is InChI=1S/C31H34F3N7O/c1-2-38-12-14-39(15-13-38)19-24-6-5-22(16-27(24)31(32,33)34)17-29(42)40-11-9-23-7-8-26(18-25(23)20-40)37-30-28-4-3-10-41(28)36-21-35-30/h3-8,10,16,18,21H,2,9,11-15,17,19-20H2,1H3,(H,35,36,37). The van der Waals surface area contributed by atoms with Gasteiger partial charge in [0.2, 0.25) is 5.91 Å². The summed E-state index contributed by atoms with van der Waals surface area (Å²) >= 11 is 0. The van der Waals surface area contributed by atoms with Crippen molar-refractivity contribution in [2.24, 2.45) is 0 Å². The van der Waals surface area contributed by atoms with Gasteiger partial charge in [-0.05, 0) is 65.6 Å². The Bertz CT molecular complexity index is 1580. The first-order chi connectivity index (χ1) is 20.3. The number of aromatic nitrogens is 3. The Labute approximate surface area is 242 Å². The van der Waals surface area contributed by atoms with Crippen molar-refractivity contribution in [3.63, 3.8) is 0 Å². The van der Waals surface area contributed by atoms with E-state index in [1.54, 1.807) is 21.5 Å². The van der Waals surface area contributed by atoms with Crippen LogP contribution >= 0.6 is 0 Å². The number of nitrogens with one attached hydrogen (secondary N) is 1. The molecule has 8 nitrogen and oxygen atoms in total. The highest BCUT2D eigenvalue weighted by Crippen LogP contribution is 2.34. The zero-order valence-corrected chi connectivity index (χ0v) is 23.6. The average molecular weight is 578 g/mol. The molecule has 11 heteroatoms. The van der Waals surface area contributed by atoms with Gasteiger partial charge < -0.3 is 15.1 Å². The van der Waals surface area contributed by atoms with Gasteiger partial charge >= 0.3 is 6.18 Å². The first-order valence-corrected chi connectivity index (χ1v) is 14.4. The molecule has 4 heterocycles. The maximum Gasteiger partial charge on any atom is 0.416 e. The summed E-state index contributed by atoms with van der Waals surface area (Å²) in [4.78, 5) is 23.7. The summed E-state index contributed by atoms with van der Waals surface area (Å²) in [5.41, 5.74) is 3.84. The Hall–Kier alpha value is -3.96. The molecule has 1 N–H and O–H groups in total. The number of likely N-dealkylation sites (N-methyl/N-ethyl adjacent to an activating group) is 1. The fraction of sp³-hybridized carbons (Fsp3) is 0.387. The lowest BCUT2D eigenvalue weighted by atomic mass is 9.97. The van der Waals surface area contributed by atoms with Gasteiger partial charge in [0.05, 0.1) is 12.0 Å². The molecular weight excluding hydrogens is 543 g/mol. The Morgan fingerprint density at radius 1 is 0.976 bits per heavy atom. The molecule has 6 rings (SSSR count). The molecule has 0 saturated carbocycles. The number of halogens is 3. The molecule has 2 aromatic carbocycles. The zero-order valence-electron chi connectivity index (χ0n) is 23.6. The topological polar surface area (TPSA) is 69.0 Å². The van der Waals surface area contributed by atoms with Gasteiger partial charge in [-0.3, -0.25) is 9.69 Å². The number of amides is 1. The largest absolute Gasteiger partial charge is 0.416 e. The molecule has 0 atom stereocenters. The van der Waals surface area contributed by atoms with E-state index in [9.17, 15) is 18.0 Å². The van der Waals surface area contributed by atoms with Crippen LogP contribution in [0.2, 0.25) is 0 Å². The minimum Gasteiger partial charge on any atom is -0.338 e. The monoisotopic (exact) mass is 577 g/mol. The van der Waals surface area contributed by atoms with Crippen LogP contribution in [-0.2, 0) is 36.9 Å². The van der Waals surface area contributed by atoms with Crippen LogP contribution in [0.1, 0.15) is 34.7 Å². The number of fused-ring (bicyclic) bond motifs is 2. The quantitative estimate of drug-likeness (QED) is 0.342. The minimum atomic E-state index is -4.48. The first kappa shape index (κ1) is 28.2. The molecule has 2 aromatic heterocycles. The summed E-state index contributed by atoms with van der Waals surface area (Å²) in [5, 5.41) is 7.53. The normalized spacial score (nSPS) is 16.5. The highest BCUT2D eigenvalue weighted by atomic mass is 19.4. The lowest BCUT2D eigenvalue weighted by Gasteiger charge is -2.34. The van der Waals surface area contributed by atoms with Crippen LogP contribution in [0.15, 0.2) is 61.1 Å². The van der Waals surface area contributed by atoms with Crippen molar-refractivity contribution in [3.8, 4) is 0 Å². The van der Waals surface area contributed by atoms with E-state index in [2.05, 4.69) is 32.1 Å². The molecule has 2 aliphatic heterocycles. The van der Waals surface area contributed by atoms with Crippen molar-refractivity contribution in [2.45, 2.75) is 39.0 Å². The summed E-state index contributed by atoms with van der Waals surface area (Å²) < 4.78 is 44.0. The molecule has 2 aliphatic rings. The van der Waals surface area contributed by atoms with Gasteiger partial charge in [0.25, 0.3) is 0 Å². The number of piperazine rings is 1. The van der Waals surface area contributed by atoms with Crippen molar-refractivity contribution >= 4 is 22.9 Å². The smallest absolute Gasteiger partial charge is 0.338 e. The number of carbonyl (C=O) groups is 1. The SMILES string of the molecule is CCN1CCN(Cc2ccc(CC(=O)N3CCc4ccc(Nc5ncnn6cccc56)cc4C3)cc2C(F)(F)F)CC1. The molecule has 0 radical (unpaired) electrons. The first-order valence-electron chi connectivity index (χ1n) is 14.4. The van der Waals surface area contributed by atoms with E-state index in [1.807, 2.05) is 36.5 Å². The van der Waals surface area contributed by atoms with Gasteiger partial charge in [0, 0.05) is 57.7 Å². The third-order valence-electron chi connectivity index (χ3n) is 8.31. The van der Waals surface area contributed by atoms with Gasteiger partial charge in [0.1, 0.15) is 11.8 Å². The summed E-state index contributed by atoms with van der Waals surface area (Å²) in [7, 11) is 0. The average Bonchev–Trinajstić information content (AvgIpc) is 3.47. The summed E-state index contributed by atoms with van der Waals surface area (Å²) in [5.74, 6) is 0.493. The number of nitrogens with zero attached hydrogens (tertiary/aromatic N) is 6. The van der Waals surface area contributed by atoms with Crippen LogP contribution in [0.4, 0.5) is 24.7 Å². The van der Waals surface area contributed by atoms with Crippen molar-refractivity contribution in [1.82, 2.24) is 29.3 Å². The molecule has 0 unspecified atom stereocenters. The van der Waals surface area contributed by atoms with E-state index in [4.69, 9.17) is 0 Å². The predicted molar refractivity (Wildman–Crippen MR) is 154 cm³/mol. The molecule has 1 amide bonds. The maximum atomic E-state index is 14.1. The highest BCUT2D eigenvalue weighted by molar-refractivity contribution is 5.79. The number of anilines is 2. The molecule has 220 valence electrons. The van der Waals surface area contributed by atoms with Gasteiger partial charge in [-0.1, -0.05) is 25.1 Å². The van der Waals surface area contributed by atoms with Crippen molar-refractivity contribution in [2.75, 3.05) is 44.6 Å². The molecular formula is C31H34F3N7O. The Morgan fingerprint density at radius 2 is 1.79 bits per heavy atom. The molecule has 1 fully saturated rings. The second-order valence-corrected chi connectivity index (χ2v) is 11.0. The lowest BCUT2D eigenvalue weighted by Crippen LogP contribution is -2.45. The van der Waals surface area contributed by atoms with Gasteiger partial charge in [-0.25, -0.2) is 9.50 Å². The molecule has 0 aliphatic carbocycles. The van der Waals surface area contributed by atoms with Crippen molar-refractivity contribution in [3.05, 3.63) is 88.9 Å². The number of hydrogen-bond donors (Lipinski definition) is 1. The zero-order chi connectivity index (χ0) is 29.3. The Kier molecular flexibility index (Phi) is 7.87. The second-order valence-electron chi connectivity index (χ2n) is 11.0. The predicted octanol–water partition coefficient (Wildman–Crippen LogP) is 4.76. The van der Waals surface area contributed by atoms with Crippen molar-refractivity contribution < 1.29 is 18.0 Å². The maximum absolute atomic E-state index is 14.1. The van der Waals surface area contributed by atoms with Gasteiger partial charge in [-0.2, -0.15) is 18.3 Å². The van der Waals surface area contributed by atoms with Crippen LogP contribution in [0.25, 0.3) is 5.52 Å². The number of benzene rings is 2. The van der Waals surface area contributed by atoms with E-state index >= 15 is 0 Å². The van der Waals surface area contributed by atoms with Gasteiger partial charge in [-0.15, -0.1) is 0 Å². The Balaban J connectivity index is 1.13. The summed E-state index contributed by atoms with van der Waals surface area (Å²) in [6.07, 6.45) is -0.533. The van der Waals surface area contributed by atoms with Crippen LogP contribution in [0.5, 0.6) is 0 Å². The molecule has 42 heavy (non-hydrogen) atoms. The van der Waals surface area contributed by atoms with Crippen LogP contribution < -0.4 is 5.32 Å². The minimum absolute atomic E-state index is 0.0705. The lowest BCUT2D eigenvalue weighted by molar-refractivity contribution is -0.138. The molecule has 0 bridgehead atoms. The third kappa shape index (κ3) is 6.12. The van der Waals surface area contributed by atoms with Crippen LogP contribution in [0.3, 0.4) is 0 Å². The van der Waals surface area contributed by atoms with E-state index in [0.29, 0.717) is 30.9 Å². The second kappa shape index (κ2) is 11.7. The van der Waals surface area contributed by atoms with E-state index in [-0.39, 0.29) is 24.4 Å². The van der Waals surface area contributed by atoms with Crippen LogP contribution in [0, 0.1) is 0 Å². The fourth-order valence-corrected chi connectivity index (χ4v) is 5.87. The van der Waals surface area contributed by atoms with E-state index in [1.165, 1.54) is 12.4 Å². The third-order valence-corrected chi connectivity index (χ3v) is 8.31.